The lowest BCUT2D eigenvalue weighted by molar-refractivity contribution is -0.137. The standard InChI is InChI=1S/C13H8F3N3O/c14-13(15,16)11-8-10(6-7-12(11)18-19-17)20-9-4-2-1-3-5-9/h1-8H. The smallest absolute Gasteiger partial charge is 0.416 e. The molecule has 2 aromatic rings. The molecule has 2 rings (SSSR count). The summed E-state index contributed by atoms with van der Waals surface area (Å²) in [6.07, 6.45) is -4.63. The highest BCUT2D eigenvalue weighted by Crippen LogP contribution is 2.39. The molecular formula is C13H8F3N3O. The number of hydrogen-bond donors (Lipinski definition) is 0. The van der Waals surface area contributed by atoms with Gasteiger partial charge in [-0.1, -0.05) is 23.3 Å². The minimum absolute atomic E-state index is 0.0143. The Morgan fingerprint density at radius 3 is 2.30 bits per heavy atom. The molecule has 0 aliphatic rings. The Hall–Kier alpha value is -2.66. The topological polar surface area (TPSA) is 58.0 Å². The molecule has 0 atom stereocenters. The molecule has 2 aromatic carbocycles. The van der Waals surface area contributed by atoms with E-state index < -0.39 is 17.4 Å². The van der Waals surface area contributed by atoms with E-state index in [1.165, 1.54) is 6.07 Å². The van der Waals surface area contributed by atoms with E-state index in [4.69, 9.17) is 10.3 Å². The lowest BCUT2D eigenvalue weighted by Crippen LogP contribution is -2.05. The highest BCUT2D eigenvalue weighted by atomic mass is 19.4. The minimum atomic E-state index is -4.63. The van der Waals surface area contributed by atoms with Crippen molar-refractivity contribution in [2.75, 3.05) is 0 Å². The van der Waals surface area contributed by atoms with Gasteiger partial charge in [-0.05, 0) is 35.9 Å². The lowest BCUT2D eigenvalue weighted by Gasteiger charge is -2.12. The Morgan fingerprint density at radius 1 is 1.00 bits per heavy atom. The first-order chi connectivity index (χ1) is 9.50. The SMILES string of the molecule is [N-]=[N+]=Nc1ccc(Oc2ccccc2)cc1C(F)(F)F. The van der Waals surface area contributed by atoms with Gasteiger partial charge in [0.2, 0.25) is 0 Å². The Kier molecular flexibility index (Phi) is 3.81. The first kappa shape index (κ1) is 13.8. The van der Waals surface area contributed by atoms with Gasteiger partial charge in [0, 0.05) is 10.6 Å². The monoisotopic (exact) mass is 279 g/mol. The van der Waals surface area contributed by atoms with Crippen LogP contribution in [0.5, 0.6) is 11.5 Å². The Morgan fingerprint density at radius 2 is 1.70 bits per heavy atom. The molecule has 0 heterocycles. The molecule has 0 fully saturated rings. The van der Waals surface area contributed by atoms with E-state index in [-0.39, 0.29) is 5.75 Å². The molecule has 0 amide bonds. The second kappa shape index (κ2) is 5.54. The van der Waals surface area contributed by atoms with Crippen molar-refractivity contribution < 1.29 is 17.9 Å². The van der Waals surface area contributed by atoms with Crippen molar-refractivity contribution >= 4 is 5.69 Å². The van der Waals surface area contributed by atoms with Gasteiger partial charge in [0.1, 0.15) is 11.5 Å². The molecule has 0 bridgehead atoms. The predicted molar refractivity (Wildman–Crippen MR) is 66.8 cm³/mol. The molecule has 0 radical (unpaired) electrons. The van der Waals surface area contributed by atoms with Crippen molar-refractivity contribution in [3.63, 3.8) is 0 Å². The van der Waals surface area contributed by atoms with Crippen molar-refractivity contribution in [1.82, 2.24) is 0 Å². The molecule has 0 unspecified atom stereocenters. The van der Waals surface area contributed by atoms with Crippen molar-refractivity contribution in [3.05, 3.63) is 64.5 Å². The van der Waals surface area contributed by atoms with Crippen LogP contribution >= 0.6 is 0 Å². The zero-order valence-corrected chi connectivity index (χ0v) is 10.0. The number of rotatable bonds is 3. The number of azide groups is 1. The van der Waals surface area contributed by atoms with Crippen LogP contribution < -0.4 is 4.74 Å². The largest absolute Gasteiger partial charge is 0.457 e. The molecule has 0 N–H and O–H groups in total. The van der Waals surface area contributed by atoms with E-state index in [0.29, 0.717) is 5.75 Å². The number of hydrogen-bond acceptors (Lipinski definition) is 2. The van der Waals surface area contributed by atoms with E-state index in [9.17, 15) is 13.2 Å². The molecular weight excluding hydrogens is 271 g/mol. The van der Waals surface area contributed by atoms with Crippen LogP contribution in [-0.2, 0) is 6.18 Å². The summed E-state index contributed by atoms with van der Waals surface area (Å²) in [6.45, 7) is 0. The molecule has 0 saturated carbocycles. The molecule has 102 valence electrons. The predicted octanol–water partition coefficient (Wildman–Crippen LogP) is 5.44. The van der Waals surface area contributed by atoms with Gasteiger partial charge in [-0.2, -0.15) is 13.2 Å². The van der Waals surface area contributed by atoms with E-state index in [1.807, 2.05) is 0 Å². The van der Waals surface area contributed by atoms with Gasteiger partial charge in [0.05, 0.1) is 5.56 Å². The number of halogens is 3. The maximum absolute atomic E-state index is 12.9. The summed E-state index contributed by atoms with van der Waals surface area (Å²) in [6, 6.07) is 11.6. The van der Waals surface area contributed by atoms with Crippen molar-refractivity contribution in [3.8, 4) is 11.5 Å². The fraction of sp³-hybridized carbons (Fsp3) is 0.0769. The Bertz CT molecular complexity index is 650. The number of nitrogens with zero attached hydrogens (tertiary/aromatic N) is 3. The second-order valence-corrected chi connectivity index (χ2v) is 3.78. The number of ether oxygens (including phenoxy) is 1. The van der Waals surface area contributed by atoms with Gasteiger partial charge in [-0.15, -0.1) is 0 Å². The fourth-order valence-electron chi connectivity index (χ4n) is 1.57. The number of benzene rings is 2. The van der Waals surface area contributed by atoms with Crippen molar-refractivity contribution in [2.24, 2.45) is 5.11 Å². The summed E-state index contributed by atoms with van der Waals surface area (Å²) in [5.41, 5.74) is 6.75. The molecule has 0 aliphatic carbocycles. The number of para-hydroxylation sites is 1. The maximum Gasteiger partial charge on any atom is 0.416 e. The van der Waals surface area contributed by atoms with Crippen molar-refractivity contribution in [2.45, 2.75) is 6.18 Å². The summed E-state index contributed by atoms with van der Waals surface area (Å²) >= 11 is 0. The third kappa shape index (κ3) is 3.21. The van der Waals surface area contributed by atoms with Crippen LogP contribution in [-0.4, -0.2) is 0 Å². The molecule has 4 nitrogen and oxygen atoms in total. The van der Waals surface area contributed by atoms with Crippen LogP contribution in [0.1, 0.15) is 5.56 Å². The molecule has 7 heteroatoms. The highest BCUT2D eigenvalue weighted by molar-refractivity contribution is 5.52. The molecule has 0 aromatic heterocycles. The lowest BCUT2D eigenvalue weighted by atomic mass is 10.1. The van der Waals surface area contributed by atoms with Gasteiger partial charge in [0.25, 0.3) is 0 Å². The average molecular weight is 279 g/mol. The molecule has 0 saturated heterocycles. The Balaban J connectivity index is 2.40. The van der Waals surface area contributed by atoms with Gasteiger partial charge in [0.15, 0.2) is 0 Å². The third-order valence-electron chi connectivity index (χ3n) is 2.40. The zero-order chi connectivity index (χ0) is 14.6. The van der Waals surface area contributed by atoms with E-state index in [2.05, 4.69) is 10.0 Å². The summed E-state index contributed by atoms with van der Waals surface area (Å²) in [4.78, 5) is 2.38. The van der Waals surface area contributed by atoms with E-state index in [1.54, 1.807) is 30.3 Å². The van der Waals surface area contributed by atoms with Gasteiger partial charge in [-0.25, -0.2) is 0 Å². The van der Waals surface area contributed by atoms with Crippen molar-refractivity contribution in [1.29, 1.82) is 0 Å². The third-order valence-corrected chi connectivity index (χ3v) is 2.40. The van der Waals surface area contributed by atoms with Gasteiger partial charge < -0.3 is 4.74 Å². The van der Waals surface area contributed by atoms with Gasteiger partial charge in [-0.3, -0.25) is 0 Å². The van der Waals surface area contributed by atoms with Crippen LogP contribution in [0.25, 0.3) is 10.4 Å². The van der Waals surface area contributed by atoms with Crippen LogP contribution in [0.2, 0.25) is 0 Å². The minimum Gasteiger partial charge on any atom is -0.457 e. The van der Waals surface area contributed by atoms with E-state index >= 15 is 0 Å². The summed E-state index contributed by atoms with van der Waals surface area (Å²) in [5.74, 6) is 0.428. The Labute approximate surface area is 112 Å². The first-order valence-electron chi connectivity index (χ1n) is 5.50. The molecule has 0 aliphatic heterocycles. The van der Waals surface area contributed by atoms with Crippen LogP contribution in [0.3, 0.4) is 0 Å². The van der Waals surface area contributed by atoms with Gasteiger partial charge >= 0.3 is 6.18 Å². The van der Waals surface area contributed by atoms with Crippen LogP contribution in [0.4, 0.5) is 18.9 Å². The number of alkyl halides is 3. The summed E-state index contributed by atoms with van der Waals surface area (Å²) in [5, 5.41) is 3.03. The fourth-order valence-corrected chi connectivity index (χ4v) is 1.57. The maximum atomic E-state index is 12.9. The molecule has 0 spiro atoms. The zero-order valence-electron chi connectivity index (χ0n) is 10.0. The van der Waals surface area contributed by atoms with Crippen LogP contribution in [0, 0.1) is 0 Å². The normalized spacial score (nSPS) is 10.8. The highest BCUT2D eigenvalue weighted by Gasteiger charge is 2.33. The van der Waals surface area contributed by atoms with E-state index in [0.717, 1.165) is 12.1 Å². The summed E-state index contributed by atoms with van der Waals surface area (Å²) < 4.78 is 43.9. The first-order valence-corrected chi connectivity index (χ1v) is 5.50. The quantitative estimate of drug-likeness (QED) is 0.419. The average Bonchev–Trinajstić information content (AvgIpc) is 2.41. The molecule has 20 heavy (non-hydrogen) atoms. The van der Waals surface area contributed by atoms with Crippen LogP contribution in [0.15, 0.2) is 53.6 Å². The summed E-state index contributed by atoms with van der Waals surface area (Å²) in [7, 11) is 0. The second-order valence-electron chi connectivity index (χ2n) is 3.78.